The Balaban J connectivity index is 1.44. The maximum atomic E-state index is 12.5. The zero-order valence-electron chi connectivity index (χ0n) is 13.5. The van der Waals surface area contributed by atoms with Crippen molar-refractivity contribution in [1.82, 2.24) is 5.32 Å². The first-order chi connectivity index (χ1) is 11.7. The van der Waals surface area contributed by atoms with E-state index in [9.17, 15) is 9.90 Å². The summed E-state index contributed by atoms with van der Waals surface area (Å²) >= 11 is 0. The lowest BCUT2D eigenvalue weighted by Crippen LogP contribution is -2.46. The monoisotopic (exact) mass is 323 g/mol. The summed E-state index contributed by atoms with van der Waals surface area (Å²) in [6.45, 7) is 0.221. The predicted octanol–water partition coefficient (Wildman–Crippen LogP) is 2.33. The SMILES string of the molecule is O=C(NCC1(O)CCCc2ccccc21)C1Cc2ccccc2O1. The number of benzene rings is 2. The zero-order chi connectivity index (χ0) is 16.6. The predicted molar refractivity (Wildman–Crippen MR) is 90.8 cm³/mol. The Morgan fingerprint density at radius 2 is 1.92 bits per heavy atom. The molecule has 0 fully saturated rings. The van der Waals surface area contributed by atoms with Gasteiger partial charge in [0.05, 0.1) is 6.54 Å². The molecule has 0 spiro atoms. The average molecular weight is 323 g/mol. The number of rotatable bonds is 3. The van der Waals surface area contributed by atoms with Gasteiger partial charge in [0.2, 0.25) is 0 Å². The fraction of sp³-hybridized carbons (Fsp3) is 0.350. The van der Waals surface area contributed by atoms with Crippen LogP contribution >= 0.6 is 0 Å². The lowest BCUT2D eigenvalue weighted by atomic mass is 9.79. The van der Waals surface area contributed by atoms with E-state index < -0.39 is 11.7 Å². The first-order valence-electron chi connectivity index (χ1n) is 8.49. The van der Waals surface area contributed by atoms with Gasteiger partial charge in [0.15, 0.2) is 6.10 Å². The molecule has 0 saturated carbocycles. The zero-order valence-corrected chi connectivity index (χ0v) is 13.5. The molecule has 0 saturated heterocycles. The summed E-state index contributed by atoms with van der Waals surface area (Å²) in [6, 6.07) is 15.7. The van der Waals surface area contributed by atoms with Gasteiger partial charge in [-0.1, -0.05) is 42.5 Å². The van der Waals surface area contributed by atoms with E-state index in [1.54, 1.807) is 0 Å². The number of aliphatic hydroxyl groups is 1. The van der Waals surface area contributed by atoms with E-state index in [1.807, 2.05) is 42.5 Å². The number of aryl methyl sites for hydroxylation is 1. The summed E-state index contributed by atoms with van der Waals surface area (Å²) in [6.07, 6.45) is 2.64. The maximum Gasteiger partial charge on any atom is 0.261 e. The topological polar surface area (TPSA) is 58.6 Å². The quantitative estimate of drug-likeness (QED) is 0.911. The normalized spacial score (nSPS) is 24.6. The highest BCUT2D eigenvalue weighted by molar-refractivity contribution is 5.82. The fourth-order valence-electron chi connectivity index (χ4n) is 3.76. The van der Waals surface area contributed by atoms with Crippen LogP contribution < -0.4 is 10.1 Å². The number of carbonyl (C=O) groups excluding carboxylic acids is 1. The Morgan fingerprint density at radius 1 is 1.17 bits per heavy atom. The molecule has 1 heterocycles. The minimum atomic E-state index is -0.990. The van der Waals surface area contributed by atoms with Crippen molar-refractivity contribution in [3.63, 3.8) is 0 Å². The van der Waals surface area contributed by atoms with Crippen LogP contribution in [0.1, 0.15) is 29.5 Å². The van der Waals surface area contributed by atoms with Gasteiger partial charge in [-0.2, -0.15) is 0 Å². The molecule has 1 amide bonds. The first kappa shape index (κ1) is 15.2. The molecule has 4 heteroatoms. The second-order valence-electron chi connectivity index (χ2n) is 6.68. The van der Waals surface area contributed by atoms with Gasteiger partial charge < -0.3 is 15.2 Å². The third-order valence-corrected chi connectivity index (χ3v) is 5.05. The van der Waals surface area contributed by atoms with Gasteiger partial charge in [-0.3, -0.25) is 4.79 Å². The molecule has 2 aliphatic rings. The number of nitrogens with one attached hydrogen (secondary N) is 1. The number of carbonyl (C=O) groups is 1. The molecule has 2 unspecified atom stereocenters. The molecule has 2 N–H and O–H groups in total. The van der Waals surface area contributed by atoms with Gasteiger partial charge >= 0.3 is 0 Å². The van der Waals surface area contributed by atoms with Gasteiger partial charge in [-0.25, -0.2) is 0 Å². The molecule has 24 heavy (non-hydrogen) atoms. The molecule has 0 radical (unpaired) electrons. The number of hydrogen-bond acceptors (Lipinski definition) is 3. The smallest absolute Gasteiger partial charge is 0.261 e. The molecule has 0 bridgehead atoms. The van der Waals surface area contributed by atoms with Crippen molar-refractivity contribution in [3.05, 3.63) is 65.2 Å². The van der Waals surface area contributed by atoms with E-state index in [-0.39, 0.29) is 12.5 Å². The van der Waals surface area contributed by atoms with Gasteiger partial charge in [0, 0.05) is 6.42 Å². The standard InChI is InChI=1S/C20H21NO3/c22-19(18-12-15-7-2-4-10-17(15)24-18)21-13-20(23)11-5-8-14-6-1-3-9-16(14)20/h1-4,6-7,9-10,18,23H,5,8,11-13H2,(H,21,22). The van der Waals surface area contributed by atoms with Crippen LogP contribution in [0.5, 0.6) is 5.75 Å². The summed E-state index contributed by atoms with van der Waals surface area (Å²) in [5, 5.41) is 13.9. The van der Waals surface area contributed by atoms with Gasteiger partial charge in [0.1, 0.15) is 11.4 Å². The van der Waals surface area contributed by atoms with Crippen LogP contribution in [0.3, 0.4) is 0 Å². The Bertz CT molecular complexity index is 748. The largest absolute Gasteiger partial charge is 0.480 e. The van der Waals surface area contributed by atoms with Crippen molar-refractivity contribution < 1.29 is 14.6 Å². The Labute approximate surface area is 141 Å². The molecular formula is C20H21NO3. The Morgan fingerprint density at radius 3 is 2.75 bits per heavy atom. The van der Waals surface area contributed by atoms with E-state index >= 15 is 0 Å². The van der Waals surface area contributed by atoms with Crippen LogP contribution in [0, 0.1) is 0 Å². The van der Waals surface area contributed by atoms with Crippen molar-refractivity contribution in [2.24, 2.45) is 0 Å². The molecule has 4 rings (SSSR count). The Hall–Kier alpha value is -2.33. The molecule has 2 aromatic rings. The van der Waals surface area contributed by atoms with E-state index in [0.717, 1.165) is 29.7 Å². The van der Waals surface area contributed by atoms with E-state index in [1.165, 1.54) is 5.56 Å². The third kappa shape index (κ3) is 2.67. The molecule has 1 aliphatic heterocycles. The molecule has 0 aromatic heterocycles. The second kappa shape index (κ2) is 5.95. The fourth-order valence-corrected chi connectivity index (χ4v) is 3.76. The lowest BCUT2D eigenvalue weighted by Gasteiger charge is -2.34. The van der Waals surface area contributed by atoms with Gasteiger partial charge in [-0.15, -0.1) is 0 Å². The van der Waals surface area contributed by atoms with E-state index in [4.69, 9.17) is 4.74 Å². The van der Waals surface area contributed by atoms with Crippen molar-refractivity contribution in [2.75, 3.05) is 6.54 Å². The minimum absolute atomic E-state index is 0.164. The van der Waals surface area contributed by atoms with E-state index in [0.29, 0.717) is 12.8 Å². The summed E-state index contributed by atoms with van der Waals surface area (Å²) in [5.74, 6) is 0.613. The van der Waals surface area contributed by atoms with E-state index in [2.05, 4.69) is 11.4 Å². The summed E-state index contributed by atoms with van der Waals surface area (Å²) in [7, 11) is 0. The summed E-state index contributed by atoms with van der Waals surface area (Å²) < 4.78 is 5.72. The van der Waals surface area contributed by atoms with Crippen LogP contribution in [-0.4, -0.2) is 23.7 Å². The average Bonchev–Trinajstić information content (AvgIpc) is 3.04. The van der Waals surface area contributed by atoms with Crippen LogP contribution in [0.15, 0.2) is 48.5 Å². The Kier molecular flexibility index (Phi) is 3.77. The highest BCUT2D eigenvalue weighted by Gasteiger charge is 2.36. The van der Waals surface area contributed by atoms with Crippen LogP contribution in [-0.2, 0) is 23.2 Å². The number of hydrogen-bond donors (Lipinski definition) is 2. The number of ether oxygens (including phenoxy) is 1. The summed E-state index contributed by atoms with van der Waals surface area (Å²) in [5.41, 5.74) is 2.17. The van der Waals surface area contributed by atoms with Crippen molar-refractivity contribution in [3.8, 4) is 5.75 Å². The number of amides is 1. The molecule has 124 valence electrons. The maximum absolute atomic E-state index is 12.5. The second-order valence-corrected chi connectivity index (χ2v) is 6.68. The van der Waals surface area contributed by atoms with Gasteiger partial charge in [-0.05, 0) is 42.0 Å². The number of para-hydroxylation sites is 1. The molecule has 2 atom stereocenters. The minimum Gasteiger partial charge on any atom is -0.480 e. The first-order valence-corrected chi connectivity index (χ1v) is 8.49. The molecular weight excluding hydrogens is 302 g/mol. The highest BCUT2D eigenvalue weighted by atomic mass is 16.5. The van der Waals surface area contributed by atoms with Crippen molar-refractivity contribution in [2.45, 2.75) is 37.4 Å². The van der Waals surface area contributed by atoms with Crippen LogP contribution in [0.25, 0.3) is 0 Å². The molecule has 4 nitrogen and oxygen atoms in total. The third-order valence-electron chi connectivity index (χ3n) is 5.05. The van der Waals surface area contributed by atoms with Crippen molar-refractivity contribution >= 4 is 5.91 Å². The molecule has 1 aliphatic carbocycles. The van der Waals surface area contributed by atoms with Crippen LogP contribution in [0.4, 0.5) is 0 Å². The van der Waals surface area contributed by atoms with Gasteiger partial charge in [0.25, 0.3) is 5.91 Å². The van der Waals surface area contributed by atoms with Crippen molar-refractivity contribution in [1.29, 1.82) is 0 Å². The number of fused-ring (bicyclic) bond motifs is 2. The highest BCUT2D eigenvalue weighted by Crippen LogP contribution is 2.35. The molecule has 2 aromatic carbocycles. The van der Waals surface area contributed by atoms with Crippen LogP contribution in [0.2, 0.25) is 0 Å². The summed E-state index contributed by atoms with van der Waals surface area (Å²) in [4.78, 5) is 12.5. The lowest BCUT2D eigenvalue weighted by molar-refractivity contribution is -0.128.